The number of nitrogens with two attached hydrogens (primary N) is 1. The fraction of sp³-hybridized carbons (Fsp3) is 0.308. The molecule has 0 spiro atoms. The third kappa shape index (κ3) is 5.31. The van der Waals surface area contributed by atoms with Gasteiger partial charge in [0.05, 0.1) is 6.61 Å². The first-order valence-corrected chi connectivity index (χ1v) is 6.43. The van der Waals surface area contributed by atoms with Gasteiger partial charge < -0.3 is 10.5 Å². The fourth-order valence-corrected chi connectivity index (χ4v) is 1.52. The molecule has 0 bridgehead atoms. The summed E-state index contributed by atoms with van der Waals surface area (Å²) < 4.78 is 18.0. The van der Waals surface area contributed by atoms with Gasteiger partial charge in [0.1, 0.15) is 11.5 Å². The number of carbonyl (C=O) groups is 1. The van der Waals surface area contributed by atoms with E-state index in [-0.39, 0.29) is 18.1 Å². The zero-order valence-electron chi connectivity index (χ0n) is 10.7. The molecule has 1 aromatic carbocycles. The van der Waals surface area contributed by atoms with Crippen molar-refractivity contribution in [3.8, 4) is 0 Å². The molecule has 0 aliphatic heterocycles. The van der Waals surface area contributed by atoms with Crippen molar-refractivity contribution in [2.75, 3.05) is 6.61 Å². The Hall–Kier alpha value is -1.36. The Morgan fingerprint density at radius 1 is 1.50 bits per heavy atom. The minimum absolute atomic E-state index is 0.0193. The summed E-state index contributed by atoms with van der Waals surface area (Å²) in [7, 11) is 0. The normalized spacial score (nSPS) is 10.4. The maximum Gasteiger partial charge on any atom is 0.354 e. The second kappa shape index (κ2) is 8.69. The highest BCUT2D eigenvalue weighted by molar-refractivity contribution is 9.10. The van der Waals surface area contributed by atoms with Crippen molar-refractivity contribution in [3.05, 3.63) is 39.7 Å². The first kappa shape index (κ1) is 16.6. The Labute approximate surface area is 115 Å². The van der Waals surface area contributed by atoms with E-state index in [1.54, 1.807) is 6.92 Å². The van der Waals surface area contributed by atoms with Crippen LogP contribution in [0.5, 0.6) is 0 Å². The van der Waals surface area contributed by atoms with Crippen LogP contribution in [0.2, 0.25) is 0 Å². The Balaban J connectivity index is 0.00000137. The van der Waals surface area contributed by atoms with Crippen LogP contribution in [-0.4, -0.2) is 12.6 Å². The molecule has 0 aliphatic carbocycles. The van der Waals surface area contributed by atoms with Crippen LogP contribution in [0, 0.1) is 5.82 Å². The first-order chi connectivity index (χ1) is 8.54. The summed E-state index contributed by atoms with van der Waals surface area (Å²) >= 11 is 3.17. The molecule has 1 rings (SSSR count). The van der Waals surface area contributed by atoms with Gasteiger partial charge in [-0.3, -0.25) is 0 Å². The Bertz CT molecular complexity index is 433. The SMILES string of the molecule is CC.CCOC(=O)/C(N)=C/c1ccc(F)cc1Br. The highest BCUT2D eigenvalue weighted by Crippen LogP contribution is 2.20. The van der Waals surface area contributed by atoms with Crippen molar-refractivity contribution < 1.29 is 13.9 Å². The van der Waals surface area contributed by atoms with Crippen LogP contribution in [0.4, 0.5) is 4.39 Å². The van der Waals surface area contributed by atoms with E-state index in [1.807, 2.05) is 13.8 Å². The van der Waals surface area contributed by atoms with Crippen LogP contribution in [0.15, 0.2) is 28.4 Å². The van der Waals surface area contributed by atoms with Crippen LogP contribution in [-0.2, 0) is 9.53 Å². The van der Waals surface area contributed by atoms with Gasteiger partial charge in [-0.15, -0.1) is 0 Å². The van der Waals surface area contributed by atoms with Gasteiger partial charge in [0.2, 0.25) is 0 Å². The summed E-state index contributed by atoms with van der Waals surface area (Å²) in [5, 5.41) is 0. The molecule has 0 atom stereocenters. The number of halogens is 2. The Kier molecular flexibility index (Phi) is 8.03. The summed E-state index contributed by atoms with van der Waals surface area (Å²) in [5.41, 5.74) is 6.11. The molecule has 0 fully saturated rings. The Morgan fingerprint density at radius 3 is 2.61 bits per heavy atom. The van der Waals surface area contributed by atoms with E-state index >= 15 is 0 Å². The van der Waals surface area contributed by atoms with E-state index in [2.05, 4.69) is 15.9 Å². The third-order valence-electron chi connectivity index (χ3n) is 1.78. The first-order valence-electron chi connectivity index (χ1n) is 5.64. The molecule has 0 radical (unpaired) electrons. The fourth-order valence-electron chi connectivity index (χ4n) is 1.06. The van der Waals surface area contributed by atoms with Gasteiger partial charge in [0, 0.05) is 4.47 Å². The number of rotatable bonds is 3. The molecule has 1 aromatic rings. The monoisotopic (exact) mass is 317 g/mol. The molecule has 0 aliphatic rings. The summed E-state index contributed by atoms with van der Waals surface area (Å²) in [6, 6.07) is 4.10. The smallest absolute Gasteiger partial charge is 0.354 e. The van der Waals surface area contributed by atoms with E-state index < -0.39 is 5.97 Å². The third-order valence-corrected chi connectivity index (χ3v) is 2.47. The highest BCUT2D eigenvalue weighted by atomic mass is 79.9. The predicted octanol–water partition coefficient (Wildman–Crippen LogP) is 3.48. The largest absolute Gasteiger partial charge is 0.461 e. The molecule has 18 heavy (non-hydrogen) atoms. The summed E-state index contributed by atoms with van der Waals surface area (Å²) in [6.07, 6.45) is 1.43. The number of benzene rings is 1. The topological polar surface area (TPSA) is 52.3 Å². The van der Waals surface area contributed by atoms with Crippen molar-refractivity contribution in [3.63, 3.8) is 0 Å². The number of hydrogen-bond acceptors (Lipinski definition) is 3. The van der Waals surface area contributed by atoms with Crippen molar-refractivity contribution in [2.45, 2.75) is 20.8 Å². The second-order valence-electron chi connectivity index (χ2n) is 2.99. The molecular weight excluding hydrogens is 301 g/mol. The lowest BCUT2D eigenvalue weighted by atomic mass is 10.2. The maximum absolute atomic E-state index is 12.8. The molecule has 0 aromatic heterocycles. The van der Waals surface area contributed by atoms with E-state index in [4.69, 9.17) is 10.5 Å². The molecule has 2 N–H and O–H groups in total. The number of ether oxygens (including phenoxy) is 1. The van der Waals surface area contributed by atoms with Crippen LogP contribution in [0.1, 0.15) is 26.3 Å². The quantitative estimate of drug-likeness (QED) is 0.686. The molecule has 0 amide bonds. The Morgan fingerprint density at radius 2 is 2.11 bits per heavy atom. The van der Waals surface area contributed by atoms with Gasteiger partial charge in [0.15, 0.2) is 0 Å². The van der Waals surface area contributed by atoms with Crippen molar-refractivity contribution in [1.29, 1.82) is 0 Å². The summed E-state index contributed by atoms with van der Waals surface area (Å²) in [6.45, 7) is 5.96. The molecule has 0 unspecified atom stereocenters. The minimum Gasteiger partial charge on any atom is -0.461 e. The molecule has 0 saturated heterocycles. The number of esters is 1. The zero-order valence-corrected chi connectivity index (χ0v) is 12.3. The molecular formula is C13H17BrFNO2. The number of carbonyl (C=O) groups excluding carboxylic acids is 1. The van der Waals surface area contributed by atoms with Gasteiger partial charge in [-0.05, 0) is 30.7 Å². The average Bonchev–Trinajstić information content (AvgIpc) is 2.35. The molecule has 3 nitrogen and oxygen atoms in total. The lowest BCUT2D eigenvalue weighted by Gasteiger charge is -2.03. The van der Waals surface area contributed by atoms with E-state index in [1.165, 1.54) is 24.3 Å². The van der Waals surface area contributed by atoms with Crippen LogP contribution in [0.25, 0.3) is 6.08 Å². The standard InChI is InChI=1S/C11H11BrFNO2.C2H6/c1-2-16-11(15)10(14)5-7-3-4-8(13)6-9(7)12;1-2/h3-6H,2,14H2,1H3;1-2H3/b10-5-;. The van der Waals surface area contributed by atoms with E-state index in [0.717, 1.165) is 0 Å². The van der Waals surface area contributed by atoms with Crippen LogP contribution in [0.3, 0.4) is 0 Å². The highest BCUT2D eigenvalue weighted by Gasteiger charge is 2.07. The maximum atomic E-state index is 12.8. The second-order valence-corrected chi connectivity index (χ2v) is 3.84. The lowest BCUT2D eigenvalue weighted by molar-refractivity contribution is -0.138. The molecule has 0 heterocycles. The average molecular weight is 318 g/mol. The van der Waals surface area contributed by atoms with Crippen molar-refractivity contribution >= 4 is 28.0 Å². The molecule has 100 valence electrons. The van der Waals surface area contributed by atoms with Gasteiger partial charge >= 0.3 is 5.97 Å². The summed E-state index contributed by atoms with van der Waals surface area (Å²) in [5.74, 6) is -0.947. The lowest BCUT2D eigenvalue weighted by Crippen LogP contribution is -2.14. The van der Waals surface area contributed by atoms with Crippen LogP contribution >= 0.6 is 15.9 Å². The molecule has 0 saturated carbocycles. The minimum atomic E-state index is -0.585. The van der Waals surface area contributed by atoms with E-state index in [0.29, 0.717) is 10.0 Å². The molecule has 5 heteroatoms. The van der Waals surface area contributed by atoms with Gasteiger partial charge in [-0.2, -0.15) is 0 Å². The van der Waals surface area contributed by atoms with E-state index in [9.17, 15) is 9.18 Å². The number of hydrogen-bond donors (Lipinski definition) is 1. The summed E-state index contributed by atoms with van der Waals surface area (Å²) in [4.78, 5) is 11.2. The van der Waals surface area contributed by atoms with Gasteiger partial charge in [0.25, 0.3) is 0 Å². The predicted molar refractivity (Wildman–Crippen MR) is 74.2 cm³/mol. The van der Waals surface area contributed by atoms with Gasteiger partial charge in [-0.25, -0.2) is 9.18 Å². The van der Waals surface area contributed by atoms with Crippen LogP contribution < -0.4 is 5.73 Å². The zero-order chi connectivity index (χ0) is 14.1. The van der Waals surface area contributed by atoms with Gasteiger partial charge in [-0.1, -0.05) is 35.8 Å². The van der Waals surface area contributed by atoms with Crippen molar-refractivity contribution in [1.82, 2.24) is 0 Å². The van der Waals surface area contributed by atoms with Crippen molar-refractivity contribution in [2.24, 2.45) is 5.73 Å².